The lowest BCUT2D eigenvalue weighted by Gasteiger charge is -2.34. The fraction of sp³-hybridized carbons (Fsp3) is 0.733. The van der Waals surface area contributed by atoms with Crippen molar-refractivity contribution in [2.75, 3.05) is 19.6 Å². The first-order chi connectivity index (χ1) is 9.76. The van der Waals surface area contributed by atoms with E-state index in [-0.39, 0.29) is 12.1 Å². The third-order valence-electron chi connectivity index (χ3n) is 3.22. The highest BCUT2D eigenvalue weighted by Crippen LogP contribution is 2.25. The van der Waals surface area contributed by atoms with Crippen LogP contribution < -0.4 is 5.32 Å². The molecule has 1 aromatic rings. The average molecular weight is 311 g/mol. The second kappa shape index (κ2) is 6.32. The smallest absolute Gasteiger partial charge is 0.410 e. The van der Waals surface area contributed by atoms with Gasteiger partial charge >= 0.3 is 6.09 Å². The van der Waals surface area contributed by atoms with Gasteiger partial charge in [-0.05, 0) is 20.8 Å². The minimum absolute atomic E-state index is 0.0926. The Labute approximate surface area is 130 Å². The molecule has 1 N–H and O–H groups in total. The van der Waals surface area contributed by atoms with Crippen LogP contribution in [0.5, 0.6) is 0 Å². The fourth-order valence-electron chi connectivity index (χ4n) is 2.17. The van der Waals surface area contributed by atoms with Gasteiger partial charge in [0.1, 0.15) is 5.60 Å². The molecule has 0 bridgehead atoms. The van der Waals surface area contributed by atoms with E-state index in [9.17, 15) is 4.79 Å². The van der Waals surface area contributed by atoms with Crippen LogP contribution in [0.2, 0.25) is 0 Å². The highest BCUT2D eigenvalue weighted by atomic mass is 32.1. The maximum absolute atomic E-state index is 12.2. The van der Waals surface area contributed by atoms with E-state index < -0.39 is 5.60 Å². The number of carbonyl (C=O) groups excluding carboxylic acids is 1. The number of carbonyl (C=O) groups is 1. The molecule has 1 aromatic heterocycles. The van der Waals surface area contributed by atoms with Gasteiger partial charge in [0.25, 0.3) is 0 Å². The Morgan fingerprint density at radius 3 is 2.81 bits per heavy atom. The number of ether oxygens (including phenoxy) is 1. The zero-order valence-corrected chi connectivity index (χ0v) is 14.3. The molecule has 6 heteroatoms. The van der Waals surface area contributed by atoms with Crippen molar-refractivity contribution in [1.82, 2.24) is 15.2 Å². The molecule has 2 rings (SSSR count). The van der Waals surface area contributed by atoms with Crippen molar-refractivity contribution in [3.8, 4) is 0 Å². The number of hydrogen-bond donors (Lipinski definition) is 1. The fourth-order valence-corrected chi connectivity index (χ4v) is 3.06. The van der Waals surface area contributed by atoms with Gasteiger partial charge < -0.3 is 15.0 Å². The number of amides is 1. The molecule has 0 spiro atoms. The molecule has 0 aromatic carbocycles. The summed E-state index contributed by atoms with van der Waals surface area (Å²) < 4.78 is 5.45. The minimum Gasteiger partial charge on any atom is -0.444 e. The summed E-state index contributed by atoms with van der Waals surface area (Å²) in [6, 6.07) is 0.0926. The second-order valence-corrected chi connectivity index (χ2v) is 7.59. The molecule has 118 valence electrons. The SMILES string of the molecule is CC(C)c1nc(C2CN(C(=O)OC(C)(C)C)CCN2)cs1. The number of hydrogen-bond acceptors (Lipinski definition) is 5. The maximum Gasteiger partial charge on any atom is 0.410 e. The first kappa shape index (κ1) is 16.2. The number of nitrogens with zero attached hydrogens (tertiary/aromatic N) is 2. The molecule has 0 radical (unpaired) electrons. The van der Waals surface area contributed by atoms with Gasteiger partial charge in [-0.15, -0.1) is 11.3 Å². The van der Waals surface area contributed by atoms with Crippen molar-refractivity contribution in [2.24, 2.45) is 0 Å². The standard InChI is InChI=1S/C15H25N3O2S/c1-10(2)13-17-12(9-21-13)11-8-18(7-6-16-11)14(19)20-15(3,4)5/h9-11,16H,6-8H2,1-5H3. The van der Waals surface area contributed by atoms with E-state index in [2.05, 4.69) is 29.5 Å². The Morgan fingerprint density at radius 2 is 2.24 bits per heavy atom. The van der Waals surface area contributed by atoms with E-state index in [1.165, 1.54) is 0 Å². The molecule has 1 aliphatic rings. The summed E-state index contributed by atoms with van der Waals surface area (Å²) in [7, 11) is 0. The largest absolute Gasteiger partial charge is 0.444 e. The number of piperazine rings is 1. The quantitative estimate of drug-likeness (QED) is 0.911. The first-order valence-electron chi connectivity index (χ1n) is 7.43. The van der Waals surface area contributed by atoms with Crippen LogP contribution in [-0.4, -0.2) is 41.2 Å². The summed E-state index contributed by atoms with van der Waals surface area (Å²) in [4.78, 5) is 18.6. The van der Waals surface area contributed by atoms with Gasteiger partial charge in [0, 0.05) is 30.9 Å². The van der Waals surface area contributed by atoms with Gasteiger partial charge in [-0.25, -0.2) is 9.78 Å². The van der Waals surface area contributed by atoms with Gasteiger partial charge in [0.2, 0.25) is 0 Å². The third-order valence-corrected chi connectivity index (χ3v) is 4.38. The number of thiazole rings is 1. The summed E-state index contributed by atoms with van der Waals surface area (Å²) in [5.41, 5.74) is 0.570. The molecule has 1 saturated heterocycles. The second-order valence-electron chi connectivity index (χ2n) is 6.70. The van der Waals surface area contributed by atoms with Crippen molar-refractivity contribution in [1.29, 1.82) is 0 Å². The summed E-state index contributed by atoms with van der Waals surface area (Å²) >= 11 is 1.69. The normalized spacial score (nSPS) is 19.9. The van der Waals surface area contributed by atoms with Crippen LogP contribution in [0.4, 0.5) is 4.79 Å². The Balaban J connectivity index is 2.01. The zero-order chi connectivity index (χ0) is 15.6. The van der Waals surface area contributed by atoms with Crippen molar-refractivity contribution in [3.63, 3.8) is 0 Å². The molecule has 1 fully saturated rings. The summed E-state index contributed by atoms with van der Waals surface area (Å²) in [6.07, 6.45) is -0.242. The van der Waals surface area contributed by atoms with Crippen LogP contribution >= 0.6 is 11.3 Å². The van der Waals surface area contributed by atoms with Crippen molar-refractivity contribution in [2.45, 2.75) is 52.2 Å². The average Bonchev–Trinajstić information content (AvgIpc) is 2.86. The lowest BCUT2D eigenvalue weighted by atomic mass is 10.1. The van der Waals surface area contributed by atoms with E-state index >= 15 is 0 Å². The van der Waals surface area contributed by atoms with Crippen LogP contribution in [0.3, 0.4) is 0 Å². The summed E-state index contributed by atoms with van der Waals surface area (Å²) in [5, 5.41) is 6.66. The van der Waals surface area contributed by atoms with Gasteiger partial charge in [-0.3, -0.25) is 0 Å². The lowest BCUT2D eigenvalue weighted by molar-refractivity contribution is 0.0194. The van der Waals surface area contributed by atoms with Gasteiger partial charge in [-0.2, -0.15) is 0 Å². The van der Waals surface area contributed by atoms with E-state index in [1.807, 2.05) is 20.8 Å². The first-order valence-corrected chi connectivity index (χ1v) is 8.31. The van der Waals surface area contributed by atoms with E-state index in [0.29, 0.717) is 19.0 Å². The highest BCUT2D eigenvalue weighted by Gasteiger charge is 2.29. The maximum atomic E-state index is 12.2. The van der Waals surface area contributed by atoms with Crippen molar-refractivity contribution < 1.29 is 9.53 Å². The number of aromatic nitrogens is 1. The summed E-state index contributed by atoms with van der Waals surface area (Å²) in [5.74, 6) is 0.439. The molecule has 0 aliphatic carbocycles. The minimum atomic E-state index is -0.455. The van der Waals surface area contributed by atoms with Crippen molar-refractivity contribution in [3.05, 3.63) is 16.1 Å². The van der Waals surface area contributed by atoms with E-state index in [4.69, 9.17) is 4.74 Å². The van der Waals surface area contributed by atoms with Crippen LogP contribution in [0.25, 0.3) is 0 Å². The van der Waals surface area contributed by atoms with Gasteiger partial charge in [0.15, 0.2) is 0 Å². The Kier molecular flexibility index (Phi) is 4.88. The molecule has 0 saturated carbocycles. The van der Waals surface area contributed by atoms with Gasteiger partial charge in [0.05, 0.1) is 16.7 Å². The zero-order valence-electron chi connectivity index (χ0n) is 13.5. The Hall–Kier alpha value is -1.14. The topological polar surface area (TPSA) is 54.5 Å². The third kappa shape index (κ3) is 4.41. The summed E-state index contributed by atoms with van der Waals surface area (Å²) in [6.45, 7) is 12.0. The van der Waals surface area contributed by atoms with Gasteiger partial charge in [-0.1, -0.05) is 13.8 Å². The van der Waals surface area contributed by atoms with Crippen LogP contribution in [0, 0.1) is 0 Å². The molecule has 5 nitrogen and oxygen atoms in total. The highest BCUT2D eigenvalue weighted by molar-refractivity contribution is 7.09. The monoisotopic (exact) mass is 311 g/mol. The Morgan fingerprint density at radius 1 is 1.52 bits per heavy atom. The molecule has 1 amide bonds. The molecular weight excluding hydrogens is 286 g/mol. The molecule has 1 unspecified atom stereocenters. The molecule has 21 heavy (non-hydrogen) atoms. The van der Waals surface area contributed by atoms with E-state index in [0.717, 1.165) is 17.2 Å². The molecule has 2 heterocycles. The van der Waals surface area contributed by atoms with Crippen LogP contribution in [0.15, 0.2) is 5.38 Å². The number of nitrogens with one attached hydrogen (secondary N) is 1. The van der Waals surface area contributed by atoms with Crippen LogP contribution in [-0.2, 0) is 4.74 Å². The van der Waals surface area contributed by atoms with Crippen molar-refractivity contribution >= 4 is 17.4 Å². The van der Waals surface area contributed by atoms with Crippen LogP contribution in [0.1, 0.15) is 57.3 Å². The molecule has 1 atom stereocenters. The lowest BCUT2D eigenvalue weighted by Crippen LogP contribution is -2.49. The van der Waals surface area contributed by atoms with E-state index in [1.54, 1.807) is 16.2 Å². The predicted octanol–water partition coefficient (Wildman–Crippen LogP) is 3.15. The molecule has 1 aliphatic heterocycles. The molecular formula is C15H25N3O2S. The Bertz CT molecular complexity index is 493. The predicted molar refractivity (Wildman–Crippen MR) is 84.8 cm³/mol. The number of rotatable bonds is 2.